The molecule has 0 spiro atoms. The normalized spacial score (nSPS) is 11.1. The molecule has 0 aliphatic heterocycles. The van der Waals surface area contributed by atoms with Gasteiger partial charge >= 0.3 is 5.97 Å². The van der Waals surface area contributed by atoms with Crippen LogP contribution in [0.25, 0.3) is 0 Å². The highest BCUT2D eigenvalue weighted by Crippen LogP contribution is 2.13. The summed E-state index contributed by atoms with van der Waals surface area (Å²) in [5.41, 5.74) is -0.296. The van der Waals surface area contributed by atoms with Gasteiger partial charge in [-0.1, -0.05) is 18.2 Å². The Labute approximate surface area is 111 Å². The zero-order chi connectivity index (χ0) is 14.5. The maximum Gasteiger partial charge on any atom is 0.303 e. The first kappa shape index (κ1) is 15.1. The minimum absolute atomic E-state index is 0.0209. The molecule has 0 fully saturated rings. The minimum Gasteiger partial charge on any atom is -0.481 e. The second-order valence-corrected chi connectivity index (χ2v) is 5.09. The summed E-state index contributed by atoms with van der Waals surface area (Å²) in [6.07, 6.45) is 0.251. The van der Waals surface area contributed by atoms with Gasteiger partial charge in [0.1, 0.15) is 5.82 Å². The van der Waals surface area contributed by atoms with Crippen LogP contribution in [0.15, 0.2) is 24.3 Å². The SMILES string of the molecule is CC(C)(CCC(=O)O)NC(=O)Cc1ccccc1F. The summed E-state index contributed by atoms with van der Waals surface area (Å²) in [6, 6.07) is 6.09. The Morgan fingerprint density at radius 3 is 2.53 bits per heavy atom. The Balaban J connectivity index is 2.55. The van der Waals surface area contributed by atoms with Crippen LogP contribution in [0.3, 0.4) is 0 Å². The van der Waals surface area contributed by atoms with Gasteiger partial charge in [-0.2, -0.15) is 0 Å². The average Bonchev–Trinajstić information content (AvgIpc) is 2.29. The Bertz CT molecular complexity index is 472. The number of benzene rings is 1. The van der Waals surface area contributed by atoms with Crippen molar-refractivity contribution in [1.29, 1.82) is 0 Å². The van der Waals surface area contributed by atoms with Gasteiger partial charge in [-0.25, -0.2) is 4.39 Å². The first-order valence-corrected chi connectivity index (χ1v) is 6.06. The fourth-order valence-corrected chi connectivity index (χ4v) is 1.72. The number of carbonyl (C=O) groups is 2. The Kier molecular flexibility index (Phi) is 5.03. The summed E-state index contributed by atoms with van der Waals surface area (Å²) in [7, 11) is 0. The molecular weight excluding hydrogens is 249 g/mol. The average molecular weight is 267 g/mol. The van der Waals surface area contributed by atoms with Crippen molar-refractivity contribution in [1.82, 2.24) is 5.32 Å². The lowest BCUT2D eigenvalue weighted by molar-refractivity contribution is -0.137. The molecule has 104 valence electrons. The summed E-state index contributed by atoms with van der Waals surface area (Å²) < 4.78 is 13.4. The maximum atomic E-state index is 13.4. The third kappa shape index (κ3) is 5.50. The van der Waals surface area contributed by atoms with Crippen molar-refractivity contribution in [2.75, 3.05) is 0 Å². The monoisotopic (exact) mass is 267 g/mol. The maximum absolute atomic E-state index is 13.4. The molecule has 0 unspecified atom stereocenters. The van der Waals surface area contributed by atoms with Gasteiger partial charge in [-0.3, -0.25) is 9.59 Å². The second kappa shape index (κ2) is 6.31. The topological polar surface area (TPSA) is 66.4 Å². The molecule has 0 aromatic heterocycles. The van der Waals surface area contributed by atoms with Crippen LogP contribution in [0, 0.1) is 5.82 Å². The van der Waals surface area contributed by atoms with Crippen molar-refractivity contribution >= 4 is 11.9 Å². The molecule has 0 aliphatic rings. The van der Waals surface area contributed by atoms with Crippen LogP contribution in [-0.2, 0) is 16.0 Å². The van der Waals surface area contributed by atoms with E-state index < -0.39 is 17.3 Å². The number of aliphatic carboxylic acids is 1. The summed E-state index contributed by atoms with van der Waals surface area (Å²) in [4.78, 5) is 22.3. The molecule has 0 atom stereocenters. The van der Waals surface area contributed by atoms with Crippen LogP contribution in [0.2, 0.25) is 0 Å². The van der Waals surface area contributed by atoms with Gasteiger partial charge in [0, 0.05) is 12.0 Å². The van der Waals surface area contributed by atoms with Crippen molar-refractivity contribution in [2.45, 2.75) is 38.6 Å². The Morgan fingerprint density at radius 1 is 1.32 bits per heavy atom. The van der Waals surface area contributed by atoms with E-state index in [1.165, 1.54) is 6.07 Å². The minimum atomic E-state index is -0.906. The first-order valence-electron chi connectivity index (χ1n) is 6.06. The molecule has 0 aliphatic carbocycles. The molecular formula is C14H18FNO3. The molecule has 0 radical (unpaired) electrons. The summed E-state index contributed by atoms with van der Waals surface area (Å²) >= 11 is 0. The van der Waals surface area contributed by atoms with E-state index >= 15 is 0 Å². The van der Waals surface area contributed by atoms with Crippen molar-refractivity contribution in [3.8, 4) is 0 Å². The van der Waals surface area contributed by atoms with Crippen LogP contribution >= 0.6 is 0 Å². The zero-order valence-corrected chi connectivity index (χ0v) is 11.1. The number of nitrogens with one attached hydrogen (secondary N) is 1. The highest BCUT2D eigenvalue weighted by molar-refractivity contribution is 5.79. The van der Waals surface area contributed by atoms with E-state index in [0.29, 0.717) is 12.0 Å². The molecule has 5 heteroatoms. The number of carbonyl (C=O) groups excluding carboxylic acids is 1. The number of halogens is 1. The molecule has 4 nitrogen and oxygen atoms in total. The van der Waals surface area contributed by atoms with Crippen LogP contribution in [0.4, 0.5) is 4.39 Å². The first-order chi connectivity index (χ1) is 8.80. The van der Waals surface area contributed by atoms with Gasteiger partial charge < -0.3 is 10.4 Å². The highest BCUT2D eigenvalue weighted by Gasteiger charge is 2.21. The van der Waals surface area contributed by atoms with Crippen LogP contribution < -0.4 is 5.32 Å². The van der Waals surface area contributed by atoms with Gasteiger partial charge in [0.25, 0.3) is 0 Å². The van der Waals surface area contributed by atoms with Crippen LogP contribution in [-0.4, -0.2) is 22.5 Å². The summed E-state index contributed by atoms with van der Waals surface area (Å²) in [5.74, 6) is -1.64. The van der Waals surface area contributed by atoms with E-state index in [1.54, 1.807) is 32.0 Å². The molecule has 0 heterocycles. The van der Waals surface area contributed by atoms with E-state index in [2.05, 4.69) is 5.32 Å². The zero-order valence-electron chi connectivity index (χ0n) is 11.1. The van der Waals surface area contributed by atoms with E-state index in [-0.39, 0.29) is 18.7 Å². The van der Waals surface area contributed by atoms with Crippen molar-refractivity contribution in [3.05, 3.63) is 35.6 Å². The number of amides is 1. The van der Waals surface area contributed by atoms with Crippen molar-refractivity contribution < 1.29 is 19.1 Å². The molecule has 1 aromatic carbocycles. The van der Waals surface area contributed by atoms with Gasteiger partial charge in [0.2, 0.25) is 5.91 Å². The van der Waals surface area contributed by atoms with Crippen molar-refractivity contribution in [2.24, 2.45) is 0 Å². The molecule has 19 heavy (non-hydrogen) atoms. The van der Waals surface area contributed by atoms with Crippen LogP contribution in [0.1, 0.15) is 32.3 Å². The van der Waals surface area contributed by atoms with E-state index in [4.69, 9.17) is 5.11 Å². The predicted molar refractivity (Wildman–Crippen MR) is 69.2 cm³/mol. The van der Waals surface area contributed by atoms with Gasteiger partial charge in [-0.05, 0) is 31.9 Å². The Morgan fingerprint density at radius 2 is 1.95 bits per heavy atom. The highest BCUT2D eigenvalue weighted by atomic mass is 19.1. The number of carboxylic acid groups (broad SMARTS) is 1. The lowest BCUT2D eigenvalue weighted by Crippen LogP contribution is -2.44. The molecule has 0 bridgehead atoms. The molecule has 1 aromatic rings. The van der Waals surface area contributed by atoms with Gasteiger partial charge in [-0.15, -0.1) is 0 Å². The molecule has 0 saturated heterocycles. The number of hydrogen-bond acceptors (Lipinski definition) is 2. The molecule has 1 rings (SSSR count). The Hall–Kier alpha value is -1.91. The van der Waals surface area contributed by atoms with Crippen LogP contribution in [0.5, 0.6) is 0 Å². The number of hydrogen-bond donors (Lipinski definition) is 2. The summed E-state index contributed by atoms with van der Waals surface area (Å²) in [5, 5.41) is 11.3. The third-order valence-corrected chi connectivity index (χ3v) is 2.75. The molecule has 2 N–H and O–H groups in total. The molecule has 0 saturated carbocycles. The molecule has 1 amide bonds. The summed E-state index contributed by atoms with van der Waals surface area (Å²) in [6.45, 7) is 3.49. The van der Waals surface area contributed by atoms with E-state index in [1.807, 2.05) is 0 Å². The van der Waals surface area contributed by atoms with Crippen molar-refractivity contribution in [3.63, 3.8) is 0 Å². The lowest BCUT2D eigenvalue weighted by atomic mass is 9.98. The number of carboxylic acids is 1. The second-order valence-electron chi connectivity index (χ2n) is 5.09. The van der Waals surface area contributed by atoms with E-state index in [0.717, 1.165) is 0 Å². The fraction of sp³-hybridized carbons (Fsp3) is 0.429. The quantitative estimate of drug-likeness (QED) is 0.829. The third-order valence-electron chi connectivity index (χ3n) is 2.75. The van der Waals surface area contributed by atoms with E-state index in [9.17, 15) is 14.0 Å². The largest absolute Gasteiger partial charge is 0.481 e. The fourth-order valence-electron chi connectivity index (χ4n) is 1.72. The predicted octanol–water partition coefficient (Wildman–Crippen LogP) is 2.13. The van der Waals surface area contributed by atoms with Gasteiger partial charge in [0.05, 0.1) is 6.42 Å². The van der Waals surface area contributed by atoms with Gasteiger partial charge in [0.15, 0.2) is 0 Å². The number of rotatable bonds is 6. The smallest absolute Gasteiger partial charge is 0.303 e. The standard InChI is InChI=1S/C14H18FNO3/c1-14(2,8-7-13(18)19)16-12(17)9-10-5-3-4-6-11(10)15/h3-6H,7-9H2,1-2H3,(H,16,17)(H,18,19). The lowest BCUT2D eigenvalue weighted by Gasteiger charge is -2.25.